The van der Waals surface area contributed by atoms with Gasteiger partial charge in [-0.25, -0.2) is 0 Å². The van der Waals surface area contributed by atoms with Crippen molar-refractivity contribution < 1.29 is 11.0 Å². The Hall–Kier alpha value is 0.985. The van der Waals surface area contributed by atoms with Crippen LogP contribution < -0.4 is 0 Å². The smallest absolute Gasteiger partial charge is 0.870 e. The fraction of sp³-hybridized carbons (Fsp3) is 0. The topological polar surface area (TPSA) is 60.0 Å². The Balaban J connectivity index is 0. The van der Waals surface area contributed by atoms with Crippen molar-refractivity contribution in [3.63, 3.8) is 0 Å². The summed E-state index contributed by atoms with van der Waals surface area (Å²) < 4.78 is 0. The maximum Gasteiger partial charge on any atom is 3.00 e. The van der Waals surface area contributed by atoms with Gasteiger partial charge in [0.05, 0.1) is 0 Å². The van der Waals surface area contributed by atoms with Gasteiger partial charge >= 0.3 is 34.7 Å². The second-order valence-corrected chi connectivity index (χ2v) is 0. The summed E-state index contributed by atoms with van der Waals surface area (Å²) in [7, 11) is 0. The molecule has 0 heterocycles. The second-order valence-electron chi connectivity index (χ2n) is 0. The molecule has 2 N–H and O–H groups in total. The monoisotopic (exact) mass is 88.0 g/mol. The summed E-state index contributed by atoms with van der Waals surface area (Å²) >= 11 is 0. The van der Waals surface area contributed by atoms with Crippen molar-refractivity contribution in [2.45, 2.75) is 0 Å². The van der Waals surface area contributed by atoms with Gasteiger partial charge < -0.3 is 11.0 Å². The van der Waals surface area contributed by atoms with Crippen LogP contribution in [0.3, 0.4) is 0 Å². The van der Waals surface area contributed by atoms with Crippen LogP contribution in [-0.4, -0.2) is 45.7 Å². The van der Waals surface area contributed by atoms with E-state index in [1.54, 1.807) is 0 Å². The van der Waals surface area contributed by atoms with Gasteiger partial charge in [-0.3, -0.25) is 0 Å². The van der Waals surface area contributed by atoms with Gasteiger partial charge in [0, 0.05) is 0 Å². The number of hydrogen-bond acceptors (Lipinski definition) is 2. The van der Waals surface area contributed by atoms with E-state index in [9.17, 15) is 0 Å². The van der Waals surface area contributed by atoms with E-state index >= 15 is 0 Å². The van der Waals surface area contributed by atoms with Gasteiger partial charge in [0.1, 0.15) is 0 Å². The predicted molar refractivity (Wildman–Crippen MR) is 15.4 cm³/mol. The van der Waals surface area contributed by atoms with E-state index in [2.05, 4.69) is 0 Å². The SMILES string of the molecule is [Al+3].[Al+3].[OH-].[OH-]. The molecular weight excluding hydrogens is 86.0 g/mol. The minimum Gasteiger partial charge on any atom is -0.870 e. The number of hydrogen-bond donors (Lipinski definition) is 0. The fourth-order valence-electron chi connectivity index (χ4n) is 0. The van der Waals surface area contributed by atoms with Crippen LogP contribution in [0, 0.1) is 0 Å². The van der Waals surface area contributed by atoms with Crippen molar-refractivity contribution in [2.24, 2.45) is 0 Å². The average Bonchev–Trinajstić information content (AvgIpc) is 0. The molecule has 0 aromatic carbocycles. The minimum absolute atomic E-state index is 0. The van der Waals surface area contributed by atoms with Crippen LogP contribution in [0.4, 0.5) is 0 Å². The molecule has 0 rings (SSSR count). The van der Waals surface area contributed by atoms with E-state index in [-0.39, 0.29) is 45.7 Å². The molecule has 2 nitrogen and oxygen atoms in total. The molecule has 0 radical (unpaired) electrons. The summed E-state index contributed by atoms with van der Waals surface area (Å²) in [6.07, 6.45) is 0. The molecule has 0 aliphatic heterocycles. The third kappa shape index (κ3) is 12.1. The quantitative estimate of drug-likeness (QED) is 0.352. The Morgan fingerprint density at radius 2 is 0.500 bits per heavy atom. The van der Waals surface area contributed by atoms with E-state index in [0.29, 0.717) is 0 Å². The standard InChI is InChI=1S/2Al.2H2O/h;;2*1H2/q2*+3;;/p-2. The maximum absolute atomic E-state index is 0. The zero-order chi connectivity index (χ0) is 0. The molecule has 4 heavy (non-hydrogen) atoms. The third-order valence-electron chi connectivity index (χ3n) is 0. The van der Waals surface area contributed by atoms with Gasteiger partial charge in [-0.2, -0.15) is 0 Å². The van der Waals surface area contributed by atoms with Gasteiger partial charge in [0.2, 0.25) is 0 Å². The van der Waals surface area contributed by atoms with Gasteiger partial charge in [-0.15, -0.1) is 0 Å². The Labute approximate surface area is 46.1 Å². The molecule has 0 bridgehead atoms. The van der Waals surface area contributed by atoms with Crippen LogP contribution >= 0.6 is 0 Å². The van der Waals surface area contributed by atoms with Crippen LogP contribution in [0.2, 0.25) is 0 Å². The average molecular weight is 88.0 g/mol. The molecule has 0 aliphatic rings. The van der Waals surface area contributed by atoms with Crippen LogP contribution in [0.15, 0.2) is 0 Å². The van der Waals surface area contributed by atoms with E-state index in [0.717, 1.165) is 0 Å². The maximum atomic E-state index is 0. The van der Waals surface area contributed by atoms with Gasteiger partial charge in [-0.05, 0) is 0 Å². The van der Waals surface area contributed by atoms with E-state index in [1.165, 1.54) is 0 Å². The van der Waals surface area contributed by atoms with Gasteiger partial charge in [-0.1, -0.05) is 0 Å². The zero-order valence-corrected chi connectivity index (χ0v) is 4.36. The zero-order valence-electron chi connectivity index (χ0n) is 2.05. The molecule has 0 saturated heterocycles. The first-order valence-corrected chi connectivity index (χ1v) is 0. The van der Waals surface area contributed by atoms with Crippen LogP contribution in [0.1, 0.15) is 0 Å². The van der Waals surface area contributed by atoms with Gasteiger partial charge in [0.15, 0.2) is 0 Å². The first-order valence-electron chi connectivity index (χ1n) is 0. The largest absolute Gasteiger partial charge is 3.00 e. The van der Waals surface area contributed by atoms with Gasteiger partial charge in [0.25, 0.3) is 0 Å². The molecule has 0 aliphatic carbocycles. The Bertz CT molecular complexity index is 4.00. The molecular formula is H2Al2O2+4. The first kappa shape index (κ1) is 81.6. The molecule has 0 fully saturated rings. The summed E-state index contributed by atoms with van der Waals surface area (Å²) in [5.41, 5.74) is 0. The fourth-order valence-corrected chi connectivity index (χ4v) is 0. The summed E-state index contributed by atoms with van der Waals surface area (Å²) in [6.45, 7) is 0. The molecule has 4 heteroatoms. The Morgan fingerprint density at radius 1 is 0.500 bits per heavy atom. The van der Waals surface area contributed by atoms with E-state index < -0.39 is 0 Å². The van der Waals surface area contributed by atoms with Crippen molar-refractivity contribution in [2.75, 3.05) is 0 Å². The molecule has 0 aromatic rings. The van der Waals surface area contributed by atoms with E-state index in [1.807, 2.05) is 0 Å². The summed E-state index contributed by atoms with van der Waals surface area (Å²) in [4.78, 5) is 0. The summed E-state index contributed by atoms with van der Waals surface area (Å²) in [5.74, 6) is 0. The second kappa shape index (κ2) is 36.6. The predicted octanol–water partition coefficient (Wildman–Crippen LogP) is -1.12. The summed E-state index contributed by atoms with van der Waals surface area (Å²) in [5, 5.41) is 0. The van der Waals surface area contributed by atoms with Crippen molar-refractivity contribution in [3.05, 3.63) is 0 Å². The van der Waals surface area contributed by atoms with Crippen molar-refractivity contribution in [1.29, 1.82) is 0 Å². The summed E-state index contributed by atoms with van der Waals surface area (Å²) in [6, 6.07) is 0. The molecule has 0 atom stereocenters. The normalized spacial score (nSPS) is 0. The van der Waals surface area contributed by atoms with Crippen LogP contribution in [0.25, 0.3) is 0 Å². The van der Waals surface area contributed by atoms with Crippen molar-refractivity contribution >= 4 is 34.7 Å². The van der Waals surface area contributed by atoms with Crippen molar-refractivity contribution in [1.82, 2.24) is 0 Å². The first-order chi connectivity index (χ1) is 0. The van der Waals surface area contributed by atoms with Crippen molar-refractivity contribution in [3.8, 4) is 0 Å². The number of rotatable bonds is 0. The molecule has 0 spiro atoms. The molecule has 0 aromatic heterocycles. The molecule has 0 saturated carbocycles. The van der Waals surface area contributed by atoms with Crippen LogP contribution in [0.5, 0.6) is 0 Å². The van der Waals surface area contributed by atoms with Crippen LogP contribution in [-0.2, 0) is 0 Å². The minimum atomic E-state index is 0. The third-order valence-corrected chi connectivity index (χ3v) is 0. The van der Waals surface area contributed by atoms with E-state index in [4.69, 9.17) is 0 Å². The molecule has 0 amide bonds. The Kier molecular flexibility index (Phi) is 747. The Morgan fingerprint density at radius 3 is 0.500 bits per heavy atom. The molecule has 0 unspecified atom stereocenters. The molecule has 16 valence electrons.